The Labute approximate surface area is 197 Å². The summed E-state index contributed by atoms with van der Waals surface area (Å²) in [6, 6.07) is 7.32. The van der Waals surface area contributed by atoms with E-state index < -0.39 is 11.8 Å². The summed E-state index contributed by atoms with van der Waals surface area (Å²) in [5, 5.41) is 9.44. The van der Waals surface area contributed by atoms with Gasteiger partial charge in [-0.3, -0.25) is 9.59 Å². The van der Waals surface area contributed by atoms with Crippen molar-refractivity contribution in [3.63, 3.8) is 0 Å². The second-order valence-corrected chi connectivity index (χ2v) is 8.08. The van der Waals surface area contributed by atoms with Gasteiger partial charge in [0.25, 0.3) is 0 Å². The molecule has 0 atom stereocenters. The van der Waals surface area contributed by atoms with Crippen molar-refractivity contribution in [1.29, 1.82) is 0 Å². The molecular formula is C27H25N3O4. The fourth-order valence-corrected chi connectivity index (χ4v) is 3.91. The van der Waals surface area contributed by atoms with Crippen LogP contribution >= 0.6 is 0 Å². The lowest BCUT2D eigenvalue weighted by atomic mass is 10.0. The van der Waals surface area contributed by atoms with Crippen molar-refractivity contribution in [1.82, 2.24) is 10.5 Å². The average Bonchev–Trinajstić information content (AvgIpc) is 3.20. The van der Waals surface area contributed by atoms with Gasteiger partial charge in [0, 0.05) is 16.8 Å². The third kappa shape index (κ3) is 5.00. The molecule has 2 heterocycles. The highest BCUT2D eigenvalue weighted by molar-refractivity contribution is 6.04. The van der Waals surface area contributed by atoms with Gasteiger partial charge < -0.3 is 19.6 Å². The van der Waals surface area contributed by atoms with Gasteiger partial charge in [-0.25, -0.2) is 0 Å². The maximum Gasteiger partial charge on any atom is 0.234 e. The number of benzene rings is 1. The number of hydrogen-bond donors (Lipinski definition) is 2. The zero-order chi connectivity index (χ0) is 24.2. The van der Waals surface area contributed by atoms with E-state index in [1.165, 1.54) is 0 Å². The first-order chi connectivity index (χ1) is 16.3. The molecule has 0 aliphatic heterocycles. The van der Waals surface area contributed by atoms with Crippen molar-refractivity contribution in [2.75, 3.05) is 5.32 Å². The van der Waals surface area contributed by atoms with Crippen LogP contribution in [-0.2, 0) is 9.59 Å². The largest absolute Gasteiger partial charge is 0.469 e. The minimum Gasteiger partial charge on any atom is -0.469 e. The summed E-state index contributed by atoms with van der Waals surface area (Å²) in [6.07, 6.45) is 8.68. The maximum absolute atomic E-state index is 12.4. The molecule has 0 radical (unpaired) electrons. The standard InChI is InChI=1S/C27H25N3O4/c1-16-15-33-18(3)26(16)20-6-5-7-22(11-8-20)28-24(31)14-25(32)29-23-12-9-21(10-13-23)27-17(2)30-34-19(27)4/h5-6,8-13,15H,14H2,1-4H3,(H,28,31)(H,29,32). The van der Waals surface area contributed by atoms with Gasteiger partial charge in [0.2, 0.25) is 11.8 Å². The summed E-state index contributed by atoms with van der Waals surface area (Å²) in [6.45, 7) is 7.62. The van der Waals surface area contributed by atoms with E-state index >= 15 is 0 Å². The number of carbonyl (C=O) groups excluding carboxylic acids is 2. The first-order valence-electron chi connectivity index (χ1n) is 10.8. The van der Waals surface area contributed by atoms with Gasteiger partial charge in [0.05, 0.1) is 17.7 Å². The highest BCUT2D eigenvalue weighted by atomic mass is 16.5. The molecule has 0 saturated heterocycles. The summed E-state index contributed by atoms with van der Waals surface area (Å²) in [5.74, 6) is 0.725. The van der Waals surface area contributed by atoms with E-state index in [0.717, 1.165) is 45.0 Å². The molecule has 1 aliphatic carbocycles. The van der Waals surface area contributed by atoms with Gasteiger partial charge >= 0.3 is 0 Å². The van der Waals surface area contributed by atoms with Gasteiger partial charge in [-0.2, -0.15) is 0 Å². The molecule has 0 fully saturated rings. The van der Waals surface area contributed by atoms with Gasteiger partial charge in [0.15, 0.2) is 0 Å². The zero-order valence-electron chi connectivity index (χ0n) is 19.5. The van der Waals surface area contributed by atoms with Crippen LogP contribution in [0, 0.1) is 27.7 Å². The Morgan fingerprint density at radius 2 is 1.68 bits per heavy atom. The molecule has 3 aromatic rings. The van der Waals surface area contributed by atoms with Crippen molar-refractivity contribution in [2.45, 2.75) is 34.1 Å². The van der Waals surface area contributed by atoms with Gasteiger partial charge in [0.1, 0.15) is 17.9 Å². The number of anilines is 1. The molecule has 2 N–H and O–H groups in total. The second kappa shape index (κ2) is 9.65. The summed E-state index contributed by atoms with van der Waals surface area (Å²) in [4.78, 5) is 24.8. The second-order valence-electron chi connectivity index (χ2n) is 8.08. The number of amides is 2. The van der Waals surface area contributed by atoms with Crippen LogP contribution in [0.15, 0.2) is 75.2 Å². The molecule has 172 valence electrons. The Kier molecular flexibility index (Phi) is 6.48. The van der Waals surface area contributed by atoms with E-state index in [0.29, 0.717) is 11.4 Å². The van der Waals surface area contributed by atoms with Gasteiger partial charge in [-0.05, 0) is 74.8 Å². The predicted octanol–water partition coefficient (Wildman–Crippen LogP) is 5.31. The quantitative estimate of drug-likeness (QED) is 0.388. The Morgan fingerprint density at radius 3 is 2.32 bits per heavy atom. The highest BCUT2D eigenvalue weighted by Crippen LogP contribution is 2.28. The smallest absolute Gasteiger partial charge is 0.234 e. The van der Waals surface area contributed by atoms with E-state index in [1.807, 2.05) is 52.0 Å². The van der Waals surface area contributed by atoms with Crippen molar-refractivity contribution in [2.24, 2.45) is 0 Å². The normalized spacial score (nSPS) is 12.7. The van der Waals surface area contributed by atoms with Crippen LogP contribution in [-0.4, -0.2) is 17.0 Å². The number of aryl methyl sites for hydroxylation is 4. The third-order valence-electron chi connectivity index (χ3n) is 5.46. The number of carbonyl (C=O) groups is 2. The zero-order valence-corrected chi connectivity index (χ0v) is 19.5. The SMILES string of the molecule is Cc1coc(C)c1C1=CC=C=C(NC(=O)CC(=O)Nc2ccc(-c3c(C)noc3C)cc2)C=C1. The lowest BCUT2D eigenvalue weighted by Crippen LogP contribution is -2.26. The molecular weight excluding hydrogens is 430 g/mol. The molecule has 4 rings (SSSR count). The van der Waals surface area contributed by atoms with E-state index in [2.05, 4.69) is 21.5 Å². The number of nitrogens with one attached hydrogen (secondary N) is 2. The van der Waals surface area contributed by atoms with Crippen LogP contribution in [0.3, 0.4) is 0 Å². The lowest BCUT2D eigenvalue weighted by molar-refractivity contribution is -0.126. The minimum atomic E-state index is -0.426. The van der Waals surface area contributed by atoms with E-state index in [-0.39, 0.29) is 6.42 Å². The molecule has 1 aliphatic rings. The fraction of sp³-hybridized carbons (Fsp3) is 0.185. The van der Waals surface area contributed by atoms with Crippen LogP contribution in [0.1, 0.15) is 34.8 Å². The highest BCUT2D eigenvalue weighted by Gasteiger charge is 2.14. The maximum atomic E-state index is 12.4. The topological polar surface area (TPSA) is 97.4 Å². The molecule has 0 spiro atoms. The summed E-state index contributed by atoms with van der Waals surface area (Å²) >= 11 is 0. The van der Waals surface area contributed by atoms with Crippen molar-refractivity contribution < 1.29 is 18.5 Å². The van der Waals surface area contributed by atoms with Crippen molar-refractivity contribution in [3.05, 3.63) is 94.6 Å². The monoisotopic (exact) mass is 455 g/mol. The number of aromatic nitrogens is 1. The molecule has 1 aromatic carbocycles. The predicted molar refractivity (Wildman–Crippen MR) is 130 cm³/mol. The lowest BCUT2D eigenvalue weighted by Gasteiger charge is -2.07. The van der Waals surface area contributed by atoms with Crippen LogP contribution in [0.5, 0.6) is 0 Å². The van der Waals surface area contributed by atoms with Gasteiger partial charge in [-0.1, -0.05) is 29.1 Å². The van der Waals surface area contributed by atoms with Crippen molar-refractivity contribution in [3.8, 4) is 11.1 Å². The Balaban J connectivity index is 1.33. The first-order valence-corrected chi connectivity index (χ1v) is 10.8. The molecule has 34 heavy (non-hydrogen) atoms. The van der Waals surface area contributed by atoms with E-state index in [9.17, 15) is 9.59 Å². The molecule has 7 heteroatoms. The number of hydrogen-bond acceptors (Lipinski definition) is 5. The minimum absolute atomic E-state index is 0.315. The van der Waals surface area contributed by atoms with Crippen LogP contribution in [0.4, 0.5) is 5.69 Å². The first kappa shape index (κ1) is 22.8. The van der Waals surface area contributed by atoms with Crippen LogP contribution in [0.25, 0.3) is 16.7 Å². The number of nitrogens with zero attached hydrogens (tertiary/aromatic N) is 1. The Morgan fingerprint density at radius 1 is 0.941 bits per heavy atom. The molecule has 0 bridgehead atoms. The fourth-order valence-electron chi connectivity index (χ4n) is 3.91. The summed E-state index contributed by atoms with van der Waals surface area (Å²) < 4.78 is 10.7. The van der Waals surface area contributed by atoms with Crippen molar-refractivity contribution >= 4 is 23.1 Å². The average molecular weight is 456 g/mol. The van der Waals surface area contributed by atoms with E-state index in [4.69, 9.17) is 8.94 Å². The Bertz CT molecular complexity index is 1340. The summed E-state index contributed by atoms with van der Waals surface area (Å²) in [5.41, 5.74) is 9.78. The number of furan rings is 1. The van der Waals surface area contributed by atoms with Gasteiger partial charge in [-0.15, -0.1) is 0 Å². The van der Waals surface area contributed by atoms with E-state index in [1.54, 1.807) is 30.5 Å². The molecule has 2 aromatic heterocycles. The molecule has 0 saturated carbocycles. The molecule has 0 unspecified atom stereocenters. The third-order valence-corrected chi connectivity index (χ3v) is 5.46. The molecule has 7 nitrogen and oxygen atoms in total. The molecule has 2 amide bonds. The number of rotatable bonds is 6. The van der Waals surface area contributed by atoms with Crippen LogP contribution in [0.2, 0.25) is 0 Å². The van der Waals surface area contributed by atoms with Crippen LogP contribution < -0.4 is 10.6 Å². The summed E-state index contributed by atoms with van der Waals surface area (Å²) in [7, 11) is 0. The number of allylic oxidation sites excluding steroid dienone is 4. The Hall–Kier alpha value is -4.35.